The van der Waals surface area contributed by atoms with Gasteiger partial charge in [0.2, 0.25) is 0 Å². The maximum absolute atomic E-state index is 12.9. The van der Waals surface area contributed by atoms with Crippen molar-refractivity contribution >= 4 is 17.1 Å². The molecule has 1 aromatic heterocycles. The Balaban J connectivity index is 1.59. The number of hydrogen-bond donors (Lipinski definition) is 3. The Morgan fingerprint density at radius 3 is 2.69 bits per heavy atom. The summed E-state index contributed by atoms with van der Waals surface area (Å²) in [5.74, 6) is 0.754. The van der Waals surface area contributed by atoms with Crippen LogP contribution in [0.1, 0.15) is 40.9 Å². The molecular weight excluding hydrogens is 410 g/mol. The molecule has 0 unspecified atom stereocenters. The van der Waals surface area contributed by atoms with Gasteiger partial charge in [-0.3, -0.25) is 15.3 Å². The van der Waals surface area contributed by atoms with E-state index < -0.39 is 6.43 Å². The number of anilines is 2. The van der Waals surface area contributed by atoms with E-state index in [-0.39, 0.29) is 12.6 Å². The number of hydrogen-bond acceptors (Lipinski definition) is 6. The zero-order valence-electron chi connectivity index (χ0n) is 18.6. The predicted octanol–water partition coefficient (Wildman–Crippen LogP) is 4.13. The van der Waals surface area contributed by atoms with Crippen molar-refractivity contribution in [3.05, 3.63) is 64.7 Å². The maximum Gasteiger partial charge on any atom is 0.251 e. The second-order valence-electron chi connectivity index (χ2n) is 8.76. The molecule has 0 saturated carbocycles. The molecule has 4 N–H and O–H groups in total. The van der Waals surface area contributed by atoms with Gasteiger partial charge in [0.15, 0.2) is 0 Å². The van der Waals surface area contributed by atoms with Gasteiger partial charge in [-0.1, -0.05) is 6.58 Å². The molecule has 170 valence electrons. The lowest BCUT2D eigenvalue weighted by molar-refractivity contribution is 0.0508. The Hall–Kier alpha value is -3.00. The largest absolute Gasteiger partial charge is 0.398 e. The first-order chi connectivity index (χ1) is 15.2. The van der Waals surface area contributed by atoms with Crippen LogP contribution >= 0.6 is 0 Å². The van der Waals surface area contributed by atoms with Crippen LogP contribution in [0.2, 0.25) is 0 Å². The predicted molar refractivity (Wildman–Crippen MR) is 124 cm³/mol. The Labute approximate surface area is 187 Å². The highest BCUT2D eigenvalue weighted by Gasteiger charge is 2.31. The molecule has 1 atom stereocenters. The Morgan fingerprint density at radius 1 is 1.28 bits per heavy atom. The monoisotopic (exact) mass is 440 g/mol. The lowest BCUT2D eigenvalue weighted by atomic mass is 9.95. The maximum atomic E-state index is 12.9. The summed E-state index contributed by atoms with van der Waals surface area (Å²) in [6.45, 7) is 9.69. The highest BCUT2D eigenvalue weighted by Crippen LogP contribution is 2.34. The van der Waals surface area contributed by atoms with E-state index in [1.54, 1.807) is 0 Å². The van der Waals surface area contributed by atoms with Crippen molar-refractivity contribution < 1.29 is 8.78 Å². The fraction of sp³-hybridized carbons (Fsp3) is 0.417. The first-order valence-corrected chi connectivity index (χ1v) is 10.9. The Morgan fingerprint density at radius 2 is 2.00 bits per heavy atom. The Bertz CT molecular complexity index is 1030. The molecule has 1 saturated heterocycles. The number of halogens is 2. The summed E-state index contributed by atoms with van der Waals surface area (Å²) in [4.78, 5) is 8.38. The SMILES string of the molecule is C=C1Nc2cc(N)c(C(=N)c3cc(C)nc(C)c3)cc2CN1[C@H]1CCCN(CC(F)F)C1. The number of aryl methyl sites for hydroxylation is 2. The van der Waals surface area contributed by atoms with Crippen LogP contribution < -0.4 is 11.1 Å². The minimum absolute atomic E-state index is 0.113. The average Bonchev–Trinajstić information content (AvgIpc) is 2.71. The summed E-state index contributed by atoms with van der Waals surface area (Å²) >= 11 is 0. The highest BCUT2D eigenvalue weighted by atomic mass is 19.3. The van der Waals surface area contributed by atoms with E-state index in [0.717, 1.165) is 46.9 Å². The van der Waals surface area contributed by atoms with Gasteiger partial charge in [0.05, 0.1) is 18.1 Å². The van der Waals surface area contributed by atoms with Crippen molar-refractivity contribution in [1.82, 2.24) is 14.8 Å². The molecule has 0 bridgehead atoms. The van der Waals surface area contributed by atoms with Crippen LogP contribution in [0.5, 0.6) is 0 Å². The van der Waals surface area contributed by atoms with E-state index in [0.29, 0.717) is 36.6 Å². The number of alkyl halides is 2. The summed E-state index contributed by atoms with van der Waals surface area (Å²) < 4.78 is 25.8. The molecule has 1 fully saturated rings. The summed E-state index contributed by atoms with van der Waals surface area (Å²) in [7, 11) is 0. The first-order valence-electron chi connectivity index (χ1n) is 10.9. The summed E-state index contributed by atoms with van der Waals surface area (Å²) in [6.07, 6.45) is -0.510. The standard InChI is InChI=1S/C24H30F2N6/c1-14-7-17(8-15(2)29-14)24(28)20-9-18-11-32(16(3)30-22(18)10-21(20)27)19-5-4-6-31(12-19)13-23(25)26/h7-10,19,23,28,30H,3-6,11-13,27H2,1-2H3/t19-/m0/s1. The number of nitrogens with one attached hydrogen (secondary N) is 2. The number of likely N-dealkylation sites (tertiary alicyclic amines) is 1. The fourth-order valence-corrected chi connectivity index (χ4v) is 4.76. The molecule has 4 rings (SSSR count). The van der Waals surface area contributed by atoms with Crippen LogP contribution in [-0.4, -0.2) is 52.6 Å². The van der Waals surface area contributed by atoms with Gasteiger partial charge < -0.3 is 16.0 Å². The molecule has 2 aromatic rings. The van der Waals surface area contributed by atoms with Gasteiger partial charge in [0.25, 0.3) is 6.43 Å². The molecule has 0 spiro atoms. The van der Waals surface area contributed by atoms with Crippen LogP contribution in [-0.2, 0) is 6.54 Å². The van der Waals surface area contributed by atoms with Crippen LogP contribution in [0.25, 0.3) is 0 Å². The van der Waals surface area contributed by atoms with Gasteiger partial charge in [-0.15, -0.1) is 0 Å². The molecule has 0 amide bonds. The van der Waals surface area contributed by atoms with Gasteiger partial charge in [0, 0.05) is 53.0 Å². The summed E-state index contributed by atoms with van der Waals surface area (Å²) in [6, 6.07) is 7.71. The number of nitrogens with two attached hydrogens (primary N) is 1. The average molecular weight is 441 g/mol. The molecule has 2 aliphatic rings. The van der Waals surface area contributed by atoms with Crippen molar-refractivity contribution in [3.8, 4) is 0 Å². The van der Waals surface area contributed by atoms with Gasteiger partial charge in [-0.25, -0.2) is 8.78 Å². The molecule has 0 aliphatic carbocycles. The number of nitrogen functional groups attached to an aromatic ring is 1. The number of nitrogens with zero attached hydrogens (tertiary/aromatic N) is 3. The number of pyridine rings is 1. The quantitative estimate of drug-likeness (QED) is 0.481. The van der Waals surface area contributed by atoms with E-state index in [4.69, 9.17) is 11.1 Å². The first kappa shape index (κ1) is 22.2. The molecular formula is C24H30F2N6. The molecule has 6 nitrogen and oxygen atoms in total. The van der Waals surface area contributed by atoms with E-state index in [1.165, 1.54) is 0 Å². The number of benzene rings is 1. The number of fused-ring (bicyclic) bond motifs is 1. The molecule has 32 heavy (non-hydrogen) atoms. The normalized spacial score (nSPS) is 19.1. The fourth-order valence-electron chi connectivity index (χ4n) is 4.76. The van der Waals surface area contributed by atoms with Crippen molar-refractivity contribution in [2.24, 2.45) is 0 Å². The smallest absolute Gasteiger partial charge is 0.251 e. The van der Waals surface area contributed by atoms with Crippen LogP contribution in [0.4, 0.5) is 20.2 Å². The van der Waals surface area contributed by atoms with Crippen molar-refractivity contribution in [2.45, 2.75) is 45.7 Å². The molecule has 0 radical (unpaired) electrons. The lowest BCUT2D eigenvalue weighted by Gasteiger charge is -2.43. The van der Waals surface area contributed by atoms with Gasteiger partial charge in [0.1, 0.15) is 0 Å². The van der Waals surface area contributed by atoms with Crippen molar-refractivity contribution in [1.29, 1.82) is 5.41 Å². The third-order valence-electron chi connectivity index (χ3n) is 6.20. The highest BCUT2D eigenvalue weighted by molar-refractivity contribution is 6.14. The molecule has 1 aromatic carbocycles. The van der Waals surface area contributed by atoms with Gasteiger partial charge >= 0.3 is 0 Å². The second kappa shape index (κ2) is 8.86. The van der Waals surface area contributed by atoms with Crippen LogP contribution in [0.15, 0.2) is 36.7 Å². The van der Waals surface area contributed by atoms with Crippen molar-refractivity contribution in [3.63, 3.8) is 0 Å². The summed E-state index contributed by atoms with van der Waals surface area (Å²) in [5, 5.41) is 12.1. The molecule has 2 aliphatic heterocycles. The Kier molecular flexibility index (Phi) is 6.15. The van der Waals surface area contributed by atoms with E-state index >= 15 is 0 Å². The third kappa shape index (κ3) is 4.60. The molecule has 3 heterocycles. The minimum Gasteiger partial charge on any atom is -0.398 e. The second-order valence-corrected chi connectivity index (χ2v) is 8.76. The van der Waals surface area contributed by atoms with Gasteiger partial charge in [-0.2, -0.15) is 0 Å². The zero-order chi connectivity index (χ0) is 23.0. The molecule has 8 heteroatoms. The lowest BCUT2D eigenvalue weighted by Crippen LogP contribution is -2.50. The third-order valence-corrected chi connectivity index (χ3v) is 6.20. The summed E-state index contributed by atoms with van der Waals surface area (Å²) in [5.41, 5.74) is 12.3. The van der Waals surface area contributed by atoms with Crippen molar-refractivity contribution in [2.75, 3.05) is 30.7 Å². The van der Waals surface area contributed by atoms with E-state index in [9.17, 15) is 8.78 Å². The topological polar surface area (TPSA) is 81.3 Å². The van der Waals surface area contributed by atoms with E-state index in [2.05, 4.69) is 21.8 Å². The zero-order valence-corrected chi connectivity index (χ0v) is 18.6. The number of piperidine rings is 1. The van der Waals surface area contributed by atoms with Crippen LogP contribution in [0, 0.1) is 19.3 Å². The van der Waals surface area contributed by atoms with E-state index in [1.807, 2.05) is 43.0 Å². The minimum atomic E-state index is -2.32. The van der Waals surface area contributed by atoms with Gasteiger partial charge in [-0.05, 0) is 63.1 Å². The number of rotatable bonds is 5. The number of aromatic nitrogens is 1. The van der Waals surface area contributed by atoms with Crippen LogP contribution in [0.3, 0.4) is 0 Å².